The van der Waals surface area contributed by atoms with E-state index >= 15 is 0 Å². The Morgan fingerprint density at radius 1 is 1.19 bits per heavy atom. The standard InChI is InChI=1S/C17H23NO3/c1-12(2)21-16-8-6-13(7-9-16)17(19)18-14-4-3-5-15(18)11-20-10-14/h6-9,12,14-15H,3-5,10-11H2,1-2H3/t14-,15+. The van der Waals surface area contributed by atoms with Crippen LogP contribution in [0.5, 0.6) is 5.75 Å². The van der Waals surface area contributed by atoms with Crippen LogP contribution in [0.3, 0.4) is 0 Å². The average Bonchev–Trinajstić information content (AvgIpc) is 2.46. The van der Waals surface area contributed by atoms with Crippen LogP contribution in [0, 0.1) is 0 Å². The first-order chi connectivity index (χ1) is 10.1. The van der Waals surface area contributed by atoms with Crippen LogP contribution in [0.4, 0.5) is 0 Å². The Kier molecular flexibility index (Phi) is 4.15. The molecule has 2 bridgehead atoms. The van der Waals surface area contributed by atoms with Gasteiger partial charge < -0.3 is 14.4 Å². The van der Waals surface area contributed by atoms with Gasteiger partial charge in [0.15, 0.2) is 0 Å². The lowest BCUT2D eigenvalue weighted by molar-refractivity contribution is -0.0565. The molecule has 2 saturated heterocycles. The predicted molar refractivity (Wildman–Crippen MR) is 80.6 cm³/mol. The Labute approximate surface area is 126 Å². The van der Waals surface area contributed by atoms with Crippen LogP contribution in [0.1, 0.15) is 43.5 Å². The maximum absolute atomic E-state index is 12.8. The molecule has 1 aromatic carbocycles. The lowest BCUT2D eigenvalue weighted by Crippen LogP contribution is -2.57. The van der Waals surface area contributed by atoms with E-state index in [1.807, 2.05) is 43.0 Å². The molecule has 2 heterocycles. The summed E-state index contributed by atoms with van der Waals surface area (Å²) in [7, 11) is 0. The van der Waals surface area contributed by atoms with E-state index in [-0.39, 0.29) is 24.1 Å². The van der Waals surface area contributed by atoms with Crippen LogP contribution in [0.25, 0.3) is 0 Å². The molecule has 3 rings (SSSR count). The van der Waals surface area contributed by atoms with E-state index < -0.39 is 0 Å². The Bertz CT molecular complexity index is 475. The van der Waals surface area contributed by atoms with Crippen LogP contribution in [-0.4, -0.2) is 42.2 Å². The monoisotopic (exact) mass is 289 g/mol. The summed E-state index contributed by atoms with van der Waals surface area (Å²) in [6.45, 7) is 5.34. The third kappa shape index (κ3) is 3.05. The number of rotatable bonds is 3. The van der Waals surface area contributed by atoms with Gasteiger partial charge in [-0.2, -0.15) is 0 Å². The van der Waals surface area contributed by atoms with Crippen LogP contribution in [-0.2, 0) is 4.74 Å². The van der Waals surface area contributed by atoms with Gasteiger partial charge in [-0.1, -0.05) is 0 Å². The van der Waals surface area contributed by atoms with E-state index in [1.165, 1.54) is 6.42 Å². The fourth-order valence-corrected chi connectivity index (χ4v) is 3.26. The number of amides is 1. The van der Waals surface area contributed by atoms with Gasteiger partial charge in [0.1, 0.15) is 5.75 Å². The molecule has 0 radical (unpaired) electrons. The van der Waals surface area contributed by atoms with E-state index in [0.29, 0.717) is 13.2 Å². The molecule has 21 heavy (non-hydrogen) atoms. The van der Waals surface area contributed by atoms with Crippen molar-refractivity contribution in [2.75, 3.05) is 13.2 Å². The second kappa shape index (κ2) is 6.06. The zero-order valence-corrected chi connectivity index (χ0v) is 12.7. The highest BCUT2D eigenvalue weighted by molar-refractivity contribution is 5.95. The van der Waals surface area contributed by atoms with Gasteiger partial charge in [0.25, 0.3) is 5.91 Å². The first kappa shape index (κ1) is 14.4. The third-order valence-electron chi connectivity index (χ3n) is 4.19. The van der Waals surface area contributed by atoms with Crippen LogP contribution >= 0.6 is 0 Å². The number of ether oxygens (including phenoxy) is 2. The van der Waals surface area contributed by atoms with Crippen LogP contribution < -0.4 is 4.74 Å². The number of benzene rings is 1. The van der Waals surface area contributed by atoms with E-state index in [4.69, 9.17) is 9.47 Å². The summed E-state index contributed by atoms with van der Waals surface area (Å²) in [6.07, 6.45) is 3.45. The number of carbonyl (C=O) groups is 1. The van der Waals surface area contributed by atoms with Gasteiger partial charge in [0.05, 0.1) is 31.4 Å². The lowest BCUT2D eigenvalue weighted by Gasteiger charge is -2.45. The van der Waals surface area contributed by atoms with E-state index in [0.717, 1.165) is 24.2 Å². The Hall–Kier alpha value is -1.55. The van der Waals surface area contributed by atoms with Crippen molar-refractivity contribution in [3.05, 3.63) is 29.8 Å². The molecule has 4 heteroatoms. The third-order valence-corrected chi connectivity index (χ3v) is 4.19. The predicted octanol–water partition coefficient (Wildman–Crippen LogP) is 2.87. The normalized spacial score (nSPS) is 25.0. The number of hydrogen-bond acceptors (Lipinski definition) is 3. The summed E-state index contributed by atoms with van der Waals surface area (Å²) >= 11 is 0. The van der Waals surface area contributed by atoms with E-state index in [1.54, 1.807) is 0 Å². The van der Waals surface area contributed by atoms with Crippen molar-refractivity contribution in [3.63, 3.8) is 0 Å². The minimum Gasteiger partial charge on any atom is -0.491 e. The highest BCUT2D eigenvalue weighted by atomic mass is 16.5. The Morgan fingerprint density at radius 2 is 1.81 bits per heavy atom. The van der Waals surface area contributed by atoms with Crippen LogP contribution in [0.15, 0.2) is 24.3 Å². The van der Waals surface area contributed by atoms with Crippen molar-refractivity contribution in [3.8, 4) is 5.75 Å². The van der Waals surface area contributed by atoms with Crippen molar-refractivity contribution in [1.29, 1.82) is 0 Å². The molecule has 0 spiro atoms. The molecular formula is C17H23NO3. The topological polar surface area (TPSA) is 38.8 Å². The fourth-order valence-electron chi connectivity index (χ4n) is 3.26. The zero-order chi connectivity index (χ0) is 14.8. The second-order valence-corrected chi connectivity index (χ2v) is 6.18. The molecule has 2 aliphatic rings. The van der Waals surface area contributed by atoms with E-state index in [9.17, 15) is 4.79 Å². The zero-order valence-electron chi connectivity index (χ0n) is 12.7. The molecule has 2 aliphatic heterocycles. The summed E-state index contributed by atoms with van der Waals surface area (Å²) < 4.78 is 11.2. The van der Waals surface area contributed by atoms with Crippen molar-refractivity contribution in [2.24, 2.45) is 0 Å². The SMILES string of the molecule is CC(C)Oc1ccc(C(=O)N2[C@@H]3CCC[C@H]2COC3)cc1. The van der Waals surface area contributed by atoms with Gasteiger partial charge in [-0.05, 0) is 57.4 Å². The van der Waals surface area contributed by atoms with Crippen molar-refractivity contribution in [2.45, 2.75) is 51.3 Å². The van der Waals surface area contributed by atoms with Crippen molar-refractivity contribution in [1.82, 2.24) is 4.90 Å². The highest BCUT2D eigenvalue weighted by Gasteiger charge is 2.37. The summed E-state index contributed by atoms with van der Waals surface area (Å²) in [5.74, 6) is 0.938. The first-order valence-electron chi connectivity index (χ1n) is 7.82. The van der Waals surface area contributed by atoms with Crippen molar-refractivity contribution >= 4 is 5.91 Å². The summed E-state index contributed by atoms with van der Waals surface area (Å²) in [6, 6.07) is 7.98. The molecular weight excluding hydrogens is 266 g/mol. The molecule has 0 saturated carbocycles. The number of piperidine rings is 1. The molecule has 0 N–H and O–H groups in total. The molecule has 2 atom stereocenters. The first-order valence-corrected chi connectivity index (χ1v) is 7.82. The fraction of sp³-hybridized carbons (Fsp3) is 0.588. The van der Waals surface area contributed by atoms with Gasteiger partial charge in [0.2, 0.25) is 0 Å². The summed E-state index contributed by atoms with van der Waals surface area (Å²) in [5.41, 5.74) is 0.741. The van der Waals surface area contributed by atoms with Crippen LogP contribution in [0.2, 0.25) is 0 Å². The van der Waals surface area contributed by atoms with Gasteiger partial charge in [-0.3, -0.25) is 4.79 Å². The number of morpholine rings is 1. The lowest BCUT2D eigenvalue weighted by atomic mass is 9.93. The van der Waals surface area contributed by atoms with Gasteiger partial charge in [-0.25, -0.2) is 0 Å². The Morgan fingerprint density at radius 3 is 2.38 bits per heavy atom. The molecule has 1 amide bonds. The molecule has 1 aromatic rings. The molecule has 4 nitrogen and oxygen atoms in total. The summed E-state index contributed by atoms with van der Waals surface area (Å²) in [5, 5.41) is 0. The second-order valence-electron chi connectivity index (χ2n) is 6.18. The quantitative estimate of drug-likeness (QED) is 0.859. The molecule has 0 unspecified atom stereocenters. The van der Waals surface area contributed by atoms with Crippen molar-refractivity contribution < 1.29 is 14.3 Å². The maximum atomic E-state index is 12.8. The Balaban J connectivity index is 1.75. The summed E-state index contributed by atoms with van der Waals surface area (Å²) in [4.78, 5) is 14.8. The van der Waals surface area contributed by atoms with Gasteiger partial charge in [0, 0.05) is 5.56 Å². The number of carbonyl (C=O) groups excluding carboxylic acids is 1. The largest absolute Gasteiger partial charge is 0.491 e. The molecule has 114 valence electrons. The number of nitrogens with zero attached hydrogens (tertiary/aromatic N) is 1. The average molecular weight is 289 g/mol. The maximum Gasteiger partial charge on any atom is 0.254 e. The minimum absolute atomic E-state index is 0.129. The molecule has 2 fully saturated rings. The van der Waals surface area contributed by atoms with Gasteiger partial charge >= 0.3 is 0 Å². The minimum atomic E-state index is 0.129. The molecule has 0 aliphatic carbocycles. The number of hydrogen-bond donors (Lipinski definition) is 0. The number of fused-ring (bicyclic) bond motifs is 2. The molecule has 0 aromatic heterocycles. The highest BCUT2D eigenvalue weighted by Crippen LogP contribution is 2.29. The smallest absolute Gasteiger partial charge is 0.254 e. The van der Waals surface area contributed by atoms with Gasteiger partial charge in [-0.15, -0.1) is 0 Å². The van der Waals surface area contributed by atoms with E-state index in [2.05, 4.69) is 0 Å².